The van der Waals surface area contributed by atoms with E-state index in [9.17, 15) is 14.5 Å². The van der Waals surface area contributed by atoms with Crippen LogP contribution < -0.4 is 11.5 Å². The van der Waals surface area contributed by atoms with Gasteiger partial charge < -0.3 is 21.7 Å². The molecular weight excluding hydrogens is 244 g/mol. The van der Waals surface area contributed by atoms with Crippen LogP contribution in [0.3, 0.4) is 0 Å². The van der Waals surface area contributed by atoms with Crippen molar-refractivity contribution in [2.45, 2.75) is 32.2 Å². The molecule has 0 spiro atoms. The van der Waals surface area contributed by atoms with E-state index in [1.165, 1.54) is 0 Å². The first-order chi connectivity index (χ1) is 8.34. The summed E-state index contributed by atoms with van der Waals surface area (Å²) < 4.78 is 0. The molecule has 0 rings (SSSR count). The fourth-order valence-corrected chi connectivity index (χ4v) is 0.714. The number of rotatable bonds is 7. The Bertz CT molecular complexity index is 301. The molecule has 0 fully saturated rings. The van der Waals surface area contributed by atoms with Crippen LogP contribution in [0.2, 0.25) is 0 Å². The molecule has 0 radical (unpaired) electrons. The molecule has 0 aliphatic rings. The summed E-state index contributed by atoms with van der Waals surface area (Å²) in [6.45, 7) is 1.91. The molecule has 0 aromatic carbocycles. The van der Waals surface area contributed by atoms with Gasteiger partial charge >= 0.3 is 11.9 Å². The highest BCUT2D eigenvalue weighted by Gasteiger charge is 2.16. The van der Waals surface area contributed by atoms with E-state index in [1.807, 2.05) is 0 Å². The maximum absolute atomic E-state index is 10.3. The first-order valence-corrected chi connectivity index (χ1v) is 5.17. The molecule has 104 valence electrons. The summed E-state index contributed by atoms with van der Waals surface area (Å²) in [6, 6.07) is -1.20. The third-order valence-corrected chi connectivity index (χ3v) is 1.64. The Labute approximate surface area is 104 Å². The summed E-state index contributed by atoms with van der Waals surface area (Å²) in [4.78, 5) is 33.2. The van der Waals surface area contributed by atoms with Crippen LogP contribution in [0.4, 0.5) is 0 Å². The average Bonchev–Trinajstić information content (AvgIpc) is 2.29. The number of aliphatic carboxylic acids is 2. The lowest BCUT2D eigenvalue weighted by atomic mass is 10.2. The number of aliphatic imine (C=N–C) groups is 1. The number of carboxylic acids is 2. The Balaban J connectivity index is 0. The number of carbonyl (C=O) groups is 2. The number of hydrogen-bond acceptors (Lipinski definition) is 5. The molecule has 9 nitrogen and oxygen atoms in total. The van der Waals surface area contributed by atoms with Crippen molar-refractivity contribution in [1.82, 2.24) is 0 Å². The summed E-state index contributed by atoms with van der Waals surface area (Å²) in [6.07, 6.45) is 0.788. The highest BCUT2D eigenvalue weighted by molar-refractivity contribution is 5.75. The van der Waals surface area contributed by atoms with E-state index < -0.39 is 18.0 Å². The van der Waals surface area contributed by atoms with Crippen molar-refractivity contribution in [1.29, 1.82) is 0 Å². The zero-order valence-electron chi connectivity index (χ0n) is 10.1. The maximum atomic E-state index is 10.3. The van der Waals surface area contributed by atoms with Gasteiger partial charge in [0, 0.05) is 13.0 Å². The second-order valence-electron chi connectivity index (χ2n) is 3.16. The topological polar surface area (TPSA) is 168 Å². The van der Waals surface area contributed by atoms with E-state index >= 15 is 0 Å². The third-order valence-electron chi connectivity index (χ3n) is 1.64. The van der Waals surface area contributed by atoms with Crippen molar-refractivity contribution in [3.8, 4) is 0 Å². The quantitative estimate of drug-likeness (QED) is 0.212. The molecule has 0 bridgehead atoms. The van der Waals surface area contributed by atoms with E-state index in [1.54, 1.807) is 6.92 Å². The minimum atomic E-state index is -1.22. The summed E-state index contributed by atoms with van der Waals surface area (Å²) in [5.41, 5.74) is 10.1. The molecule has 0 unspecified atom stereocenters. The largest absolute Gasteiger partial charge is 0.481 e. The fourth-order valence-electron chi connectivity index (χ4n) is 0.714. The van der Waals surface area contributed by atoms with Gasteiger partial charge in [-0.1, -0.05) is 12.1 Å². The number of guanidine groups is 1. The molecule has 0 aromatic heterocycles. The molecule has 18 heavy (non-hydrogen) atoms. The number of carboxylic acid groups (broad SMARTS) is 2. The molecule has 6 N–H and O–H groups in total. The first-order valence-electron chi connectivity index (χ1n) is 5.17. The molecule has 0 aromatic rings. The molecule has 1 atom stereocenters. The Morgan fingerprint density at radius 2 is 1.78 bits per heavy atom. The normalized spacial score (nSPS) is 10.5. The Hall–Kier alpha value is -2.19. The van der Waals surface area contributed by atoms with Gasteiger partial charge in [-0.3, -0.25) is 9.79 Å². The summed E-state index contributed by atoms with van der Waals surface area (Å²) in [5, 5.41) is 18.6. The van der Waals surface area contributed by atoms with Crippen molar-refractivity contribution in [3.05, 3.63) is 4.91 Å². The van der Waals surface area contributed by atoms with Gasteiger partial charge in [0.25, 0.3) is 0 Å². The van der Waals surface area contributed by atoms with Crippen LogP contribution in [-0.4, -0.2) is 40.7 Å². The van der Waals surface area contributed by atoms with Crippen molar-refractivity contribution in [3.63, 3.8) is 0 Å². The van der Waals surface area contributed by atoms with E-state index in [-0.39, 0.29) is 18.8 Å². The Morgan fingerprint density at radius 3 is 2.06 bits per heavy atom. The van der Waals surface area contributed by atoms with Crippen LogP contribution in [0.15, 0.2) is 10.2 Å². The summed E-state index contributed by atoms with van der Waals surface area (Å²) in [7, 11) is 0. The van der Waals surface area contributed by atoms with Crippen LogP contribution >= 0.6 is 0 Å². The van der Waals surface area contributed by atoms with Crippen molar-refractivity contribution >= 4 is 17.9 Å². The molecule has 0 saturated heterocycles. The number of nitroso groups, excluding NO2 is 1. The molecule has 0 heterocycles. The summed E-state index contributed by atoms with van der Waals surface area (Å²) >= 11 is 0. The van der Waals surface area contributed by atoms with E-state index in [2.05, 4.69) is 10.2 Å². The average molecular weight is 262 g/mol. The fraction of sp³-hybridized carbons (Fsp3) is 0.667. The molecule has 0 aliphatic heterocycles. The van der Waals surface area contributed by atoms with Gasteiger partial charge in [-0.05, 0) is 12.8 Å². The lowest BCUT2D eigenvalue weighted by molar-refractivity contribution is -0.139. The molecular formula is C9H18N4O5. The first kappa shape index (κ1) is 18.2. The zero-order chi connectivity index (χ0) is 14.6. The van der Waals surface area contributed by atoms with Crippen molar-refractivity contribution in [2.75, 3.05) is 6.54 Å². The van der Waals surface area contributed by atoms with Gasteiger partial charge in [0.2, 0.25) is 0 Å². The number of nitrogens with two attached hydrogens (primary N) is 2. The number of nitrogens with zero attached hydrogens (tertiary/aromatic N) is 2. The molecule has 0 amide bonds. The second kappa shape index (κ2) is 11.3. The van der Waals surface area contributed by atoms with E-state index in [4.69, 9.17) is 21.7 Å². The Morgan fingerprint density at radius 1 is 1.28 bits per heavy atom. The third kappa shape index (κ3) is 13.8. The van der Waals surface area contributed by atoms with Crippen LogP contribution in [0.25, 0.3) is 0 Å². The number of hydrogen-bond donors (Lipinski definition) is 4. The van der Waals surface area contributed by atoms with Gasteiger partial charge in [0.05, 0.1) is 0 Å². The van der Waals surface area contributed by atoms with Gasteiger partial charge in [-0.2, -0.15) is 0 Å². The van der Waals surface area contributed by atoms with Crippen LogP contribution in [-0.2, 0) is 9.59 Å². The standard InChI is InChI=1S/C6H12N4O3.C3H6O2/c7-6(8)9-3-1-2-4(10-13)5(11)12;1-2-3(4)5/h4H,1-3H2,(H,11,12)(H4,7,8,9);2H2,1H3,(H,4,5)/t4-;/m0./s1. The Kier molecular flexibility index (Phi) is 11.4. The minimum Gasteiger partial charge on any atom is -0.481 e. The summed E-state index contributed by atoms with van der Waals surface area (Å²) in [5.74, 6) is -2.02. The highest BCUT2D eigenvalue weighted by atomic mass is 16.4. The SMILES string of the molecule is CCC(=O)O.NC(N)=NCCC[C@H](N=O)C(=O)O. The van der Waals surface area contributed by atoms with Gasteiger partial charge in [-0.25, -0.2) is 4.79 Å². The molecule has 0 aliphatic carbocycles. The monoisotopic (exact) mass is 262 g/mol. The van der Waals surface area contributed by atoms with Crippen molar-refractivity contribution < 1.29 is 19.8 Å². The van der Waals surface area contributed by atoms with Gasteiger partial charge in [0.1, 0.15) is 0 Å². The smallest absolute Gasteiger partial charge is 0.332 e. The predicted octanol–water partition coefficient (Wildman–Crippen LogP) is -0.259. The predicted molar refractivity (Wildman–Crippen MR) is 65.1 cm³/mol. The van der Waals surface area contributed by atoms with Crippen molar-refractivity contribution in [2.24, 2.45) is 21.6 Å². The van der Waals surface area contributed by atoms with Gasteiger partial charge in [-0.15, -0.1) is 4.91 Å². The lowest BCUT2D eigenvalue weighted by Gasteiger charge is -2.00. The zero-order valence-corrected chi connectivity index (χ0v) is 10.1. The van der Waals surface area contributed by atoms with Gasteiger partial charge in [0.15, 0.2) is 12.0 Å². The maximum Gasteiger partial charge on any atom is 0.332 e. The van der Waals surface area contributed by atoms with E-state index in [0.717, 1.165) is 0 Å². The highest BCUT2D eigenvalue weighted by Crippen LogP contribution is 2.01. The minimum absolute atomic E-state index is 0.0501. The van der Waals surface area contributed by atoms with E-state index in [0.29, 0.717) is 13.0 Å². The molecule has 0 saturated carbocycles. The molecule has 9 heteroatoms. The lowest BCUT2D eigenvalue weighted by Crippen LogP contribution is -2.23. The van der Waals surface area contributed by atoms with Crippen LogP contribution in [0, 0.1) is 4.91 Å². The van der Waals surface area contributed by atoms with Crippen LogP contribution in [0.5, 0.6) is 0 Å². The second-order valence-corrected chi connectivity index (χ2v) is 3.16. The van der Waals surface area contributed by atoms with Crippen LogP contribution in [0.1, 0.15) is 26.2 Å².